The summed E-state index contributed by atoms with van der Waals surface area (Å²) >= 11 is 0. The second-order valence-corrected chi connectivity index (χ2v) is 9.30. The van der Waals surface area contributed by atoms with Crippen molar-refractivity contribution < 1.29 is 14.9 Å². The maximum absolute atomic E-state index is 12.6. The molecule has 7 rings (SSSR count). The zero-order valence-electron chi connectivity index (χ0n) is 19.6. The van der Waals surface area contributed by atoms with Gasteiger partial charge in [0.05, 0.1) is 19.0 Å². The molecule has 0 spiro atoms. The Bertz CT molecular complexity index is 1880. The van der Waals surface area contributed by atoms with Crippen molar-refractivity contribution in [3.63, 3.8) is 0 Å². The van der Waals surface area contributed by atoms with Crippen LogP contribution >= 0.6 is 0 Å². The molecule has 0 bridgehead atoms. The van der Waals surface area contributed by atoms with Crippen LogP contribution in [-0.4, -0.2) is 48.5 Å². The molecule has 0 radical (unpaired) electrons. The predicted molar refractivity (Wildman–Crippen MR) is 142 cm³/mol. The van der Waals surface area contributed by atoms with Crippen LogP contribution in [-0.2, 0) is 4.74 Å². The molecular weight excluding hydrogens is 470 g/mol. The van der Waals surface area contributed by atoms with Gasteiger partial charge in [-0.25, -0.2) is 9.97 Å². The number of aromatic amines is 1. The molecule has 0 saturated carbocycles. The van der Waals surface area contributed by atoms with Crippen molar-refractivity contribution in [2.75, 3.05) is 11.9 Å². The highest BCUT2D eigenvalue weighted by atomic mass is 16.5. The lowest BCUT2D eigenvalue weighted by Crippen LogP contribution is -2.24. The second kappa shape index (κ2) is 8.38. The Morgan fingerprint density at radius 3 is 2.57 bits per heavy atom. The van der Waals surface area contributed by atoms with Crippen LogP contribution in [0.5, 0.6) is 0 Å². The van der Waals surface area contributed by atoms with Crippen molar-refractivity contribution in [1.29, 1.82) is 0 Å². The summed E-state index contributed by atoms with van der Waals surface area (Å²) in [5.74, 6) is 0.361. The van der Waals surface area contributed by atoms with Crippen molar-refractivity contribution in [3.05, 3.63) is 83.4 Å². The first-order valence-electron chi connectivity index (χ1n) is 12.1. The van der Waals surface area contributed by atoms with Gasteiger partial charge in [-0.2, -0.15) is 0 Å². The highest BCUT2D eigenvalue weighted by Gasteiger charge is 2.37. The lowest BCUT2D eigenvalue weighted by atomic mass is 9.96. The minimum Gasteiger partial charge on any atom is -0.394 e. The molecule has 1 saturated heterocycles. The predicted octanol–water partition coefficient (Wildman–Crippen LogP) is 3.96. The monoisotopic (exact) mass is 493 g/mol. The zero-order valence-corrected chi connectivity index (χ0v) is 19.6. The van der Waals surface area contributed by atoms with Crippen molar-refractivity contribution in [2.45, 2.75) is 24.9 Å². The molecular formula is C28H23N5O4. The number of aromatic nitrogens is 4. The molecule has 184 valence electrons. The summed E-state index contributed by atoms with van der Waals surface area (Å²) in [6.45, 7) is -0.316. The summed E-state index contributed by atoms with van der Waals surface area (Å²) < 4.78 is 7.63. The fourth-order valence-corrected chi connectivity index (χ4v) is 5.40. The third-order valence-electron chi connectivity index (χ3n) is 7.17. The van der Waals surface area contributed by atoms with E-state index < -0.39 is 18.4 Å². The quantitative estimate of drug-likeness (QED) is 0.274. The number of anilines is 2. The molecule has 4 aromatic carbocycles. The van der Waals surface area contributed by atoms with Crippen LogP contribution in [0.15, 0.2) is 77.9 Å². The number of nitrogens with one attached hydrogen (secondary N) is 2. The molecule has 1 aliphatic rings. The number of imidazole rings is 1. The van der Waals surface area contributed by atoms with E-state index in [1.807, 2.05) is 30.3 Å². The summed E-state index contributed by atoms with van der Waals surface area (Å²) in [7, 11) is 0. The van der Waals surface area contributed by atoms with Gasteiger partial charge in [0, 0.05) is 17.5 Å². The van der Waals surface area contributed by atoms with Crippen molar-refractivity contribution in [2.24, 2.45) is 0 Å². The fraction of sp³-hybridized carbons (Fsp3) is 0.179. The third-order valence-corrected chi connectivity index (χ3v) is 7.17. The molecule has 2 aromatic heterocycles. The van der Waals surface area contributed by atoms with Gasteiger partial charge in [-0.15, -0.1) is 0 Å². The first kappa shape index (κ1) is 21.9. The number of nitrogens with zero attached hydrogens (tertiary/aromatic N) is 3. The Morgan fingerprint density at radius 2 is 1.76 bits per heavy atom. The Hall–Kier alpha value is -4.31. The van der Waals surface area contributed by atoms with Gasteiger partial charge in [-0.05, 0) is 33.0 Å². The summed E-state index contributed by atoms with van der Waals surface area (Å²) in [5, 5.41) is 30.0. The van der Waals surface area contributed by atoms with Gasteiger partial charge in [0.15, 0.2) is 11.2 Å². The lowest BCUT2D eigenvalue weighted by Gasteiger charge is -2.18. The van der Waals surface area contributed by atoms with Crippen LogP contribution in [0.1, 0.15) is 12.6 Å². The van der Waals surface area contributed by atoms with Crippen LogP contribution < -0.4 is 10.9 Å². The molecule has 9 nitrogen and oxygen atoms in total. The van der Waals surface area contributed by atoms with Crippen molar-refractivity contribution >= 4 is 55.1 Å². The smallest absolute Gasteiger partial charge is 0.278 e. The molecule has 1 aliphatic heterocycles. The van der Waals surface area contributed by atoms with Crippen LogP contribution in [0.3, 0.4) is 0 Å². The van der Waals surface area contributed by atoms with E-state index in [0.29, 0.717) is 11.6 Å². The summed E-state index contributed by atoms with van der Waals surface area (Å²) in [6.07, 6.45) is -0.705. The SMILES string of the molecule is O=c1[nH]cnc2c1nc(Nc1cc3c4ccccc4ccc3c3ccccc13)n2[C@H]1C[C@H](O)[C@@H](CO)O1. The maximum Gasteiger partial charge on any atom is 0.278 e. The van der Waals surface area contributed by atoms with Crippen molar-refractivity contribution in [3.8, 4) is 0 Å². The molecule has 6 aromatic rings. The van der Waals surface area contributed by atoms with E-state index in [9.17, 15) is 15.0 Å². The van der Waals surface area contributed by atoms with Gasteiger partial charge < -0.3 is 25.3 Å². The Balaban J connectivity index is 1.46. The molecule has 0 aliphatic carbocycles. The Morgan fingerprint density at radius 1 is 1.00 bits per heavy atom. The van der Waals surface area contributed by atoms with Gasteiger partial charge in [-0.1, -0.05) is 60.7 Å². The number of hydrogen-bond donors (Lipinski definition) is 4. The molecule has 1 fully saturated rings. The average Bonchev–Trinajstić information content (AvgIpc) is 3.48. The fourth-order valence-electron chi connectivity index (χ4n) is 5.40. The van der Waals surface area contributed by atoms with Gasteiger partial charge in [-0.3, -0.25) is 9.36 Å². The highest BCUT2D eigenvalue weighted by molar-refractivity contribution is 6.20. The standard InChI is InChI=1S/C28H23N5O4/c34-13-23-22(35)12-24(37-23)33-26-25(27(36)30-14-29-26)32-28(33)31-21-11-20-16-6-2-1-5-15(16)9-10-18(20)17-7-3-4-8-19(17)21/h1-11,14,22-24,34-35H,12-13H2,(H,31,32)(H,29,30,36)/t22-,23+,24+/m0/s1. The highest BCUT2D eigenvalue weighted by Crippen LogP contribution is 2.39. The van der Waals surface area contributed by atoms with E-state index in [1.54, 1.807) is 4.57 Å². The van der Waals surface area contributed by atoms with Gasteiger partial charge in [0.1, 0.15) is 12.3 Å². The Kier molecular flexibility index (Phi) is 4.97. The van der Waals surface area contributed by atoms with Crippen molar-refractivity contribution in [1.82, 2.24) is 19.5 Å². The molecule has 3 atom stereocenters. The average molecular weight is 494 g/mol. The molecule has 37 heavy (non-hydrogen) atoms. The topological polar surface area (TPSA) is 125 Å². The number of fused-ring (bicyclic) bond motifs is 6. The van der Waals surface area contributed by atoms with Crippen LogP contribution in [0, 0.1) is 0 Å². The zero-order chi connectivity index (χ0) is 25.1. The van der Waals surface area contributed by atoms with Crippen LogP contribution in [0.4, 0.5) is 11.6 Å². The molecule has 0 unspecified atom stereocenters. The van der Waals surface area contributed by atoms with Crippen LogP contribution in [0.25, 0.3) is 43.5 Å². The number of H-pyrrole nitrogens is 1. The summed E-state index contributed by atoms with van der Waals surface area (Å²) in [4.78, 5) is 24.1. The number of hydrogen-bond acceptors (Lipinski definition) is 7. The molecule has 9 heteroatoms. The number of ether oxygens (including phenoxy) is 1. The van der Waals surface area contributed by atoms with E-state index in [4.69, 9.17) is 4.74 Å². The Labute approximate surface area is 210 Å². The molecule has 0 amide bonds. The summed E-state index contributed by atoms with van der Waals surface area (Å²) in [6, 6.07) is 22.8. The molecule has 4 N–H and O–H groups in total. The normalized spacial score (nSPS) is 19.9. The van der Waals surface area contributed by atoms with Gasteiger partial charge >= 0.3 is 0 Å². The first-order valence-corrected chi connectivity index (χ1v) is 12.1. The maximum atomic E-state index is 12.6. The van der Waals surface area contributed by atoms with E-state index in [0.717, 1.165) is 38.0 Å². The van der Waals surface area contributed by atoms with Gasteiger partial charge in [0.25, 0.3) is 5.56 Å². The second-order valence-electron chi connectivity index (χ2n) is 9.30. The number of rotatable bonds is 4. The minimum atomic E-state index is -0.852. The van der Waals surface area contributed by atoms with E-state index in [1.165, 1.54) is 6.33 Å². The summed E-state index contributed by atoms with van der Waals surface area (Å²) in [5.41, 5.74) is 0.923. The van der Waals surface area contributed by atoms with Gasteiger partial charge in [0.2, 0.25) is 5.95 Å². The van der Waals surface area contributed by atoms with Crippen LogP contribution in [0.2, 0.25) is 0 Å². The first-order chi connectivity index (χ1) is 18.1. The number of benzene rings is 4. The minimum absolute atomic E-state index is 0.158. The lowest BCUT2D eigenvalue weighted by molar-refractivity contribution is -0.0425. The number of aliphatic hydroxyl groups excluding tert-OH is 2. The molecule has 3 heterocycles. The van der Waals surface area contributed by atoms with E-state index in [-0.39, 0.29) is 24.1 Å². The third kappa shape index (κ3) is 3.40. The number of aliphatic hydroxyl groups is 2. The largest absolute Gasteiger partial charge is 0.394 e. The van der Waals surface area contributed by atoms with E-state index in [2.05, 4.69) is 56.7 Å². The van der Waals surface area contributed by atoms with E-state index >= 15 is 0 Å².